The third-order valence-electron chi connectivity index (χ3n) is 3.94. The minimum absolute atomic E-state index is 0.617. The van der Waals surface area contributed by atoms with Gasteiger partial charge in [-0.1, -0.05) is 13.3 Å². The molecule has 1 aromatic heterocycles. The highest BCUT2D eigenvalue weighted by Gasteiger charge is 2.18. The molecule has 0 saturated carbocycles. The molecule has 2 heterocycles. The van der Waals surface area contributed by atoms with Gasteiger partial charge in [0.1, 0.15) is 17.5 Å². The molecule has 1 unspecified atom stereocenters. The van der Waals surface area contributed by atoms with Gasteiger partial charge in [-0.05, 0) is 32.9 Å². The molecular formula is C15H27N5. The van der Waals surface area contributed by atoms with Crippen molar-refractivity contribution < 1.29 is 0 Å². The first-order valence-corrected chi connectivity index (χ1v) is 7.72. The highest BCUT2D eigenvalue weighted by atomic mass is 15.2. The van der Waals surface area contributed by atoms with E-state index >= 15 is 0 Å². The zero-order valence-electron chi connectivity index (χ0n) is 12.9. The second-order valence-corrected chi connectivity index (χ2v) is 5.57. The van der Waals surface area contributed by atoms with E-state index in [1.807, 2.05) is 13.1 Å². The minimum Gasteiger partial charge on any atom is -0.373 e. The maximum atomic E-state index is 4.60. The summed E-state index contributed by atoms with van der Waals surface area (Å²) in [6, 6.07) is 2.61. The molecule has 5 nitrogen and oxygen atoms in total. The summed E-state index contributed by atoms with van der Waals surface area (Å²) in [5.41, 5.74) is 0. The Hall–Kier alpha value is -1.36. The van der Waals surface area contributed by atoms with Crippen molar-refractivity contribution in [2.24, 2.45) is 0 Å². The third kappa shape index (κ3) is 4.07. The van der Waals surface area contributed by atoms with Gasteiger partial charge in [-0.25, -0.2) is 9.97 Å². The Labute approximate surface area is 122 Å². The van der Waals surface area contributed by atoms with Crippen molar-refractivity contribution in [2.75, 3.05) is 37.8 Å². The van der Waals surface area contributed by atoms with Gasteiger partial charge in [-0.15, -0.1) is 0 Å². The van der Waals surface area contributed by atoms with E-state index < -0.39 is 0 Å². The Kier molecular flexibility index (Phi) is 5.59. The SMILES string of the molecule is CCCc1nc(NC)cc(NCC2CCCCN2C)n1. The first-order chi connectivity index (χ1) is 9.72. The van der Waals surface area contributed by atoms with Gasteiger partial charge in [0, 0.05) is 32.1 Å². The van der Waals surface area contributed by atoms with Crippen molar-refractivity contribution in [1.82, 2.24) is 14.9 Å². The first kappa shape index (κ1) is 15.0. The molecule has 1 aromatic rings. The Balaban J connectivity index is 1.98. The largest absolute Gasteiger partial charge is 0.373 e. The lowest BCUT2D eigenvalue weighted by atomic mass is 10.0. The van der Waals surface area contributed by atoms with Crippen molar-refractivity contribution in [2.45, 2.75) is 45.1 Å². The highest BCUT2D eigenvalue weighted by molar-refractivity contribution is 5.47. The van der Waals surface area contributed by atoms with Crippen LogP contribution in [-0.2, 0) is 6.42 Å². The molecule has 0 aromatic carbocycles. The zero-order chi connectivity index (χ0) is 14.4. The Morgan fingerprint density at radius 3 is 2.80 bits per heavy atom. The Morgan fingerprint density at radius 2 is 2.10 bits per heavy atom. The summed E-state index contributed by atoms with van der Waals surface area (Å²) in [7, 11) is 4.11. The second-order valence-electron chi connectivity index (χ2n) is 5.57. The molecule has 0 radical (unpaired) electrons. The quantitative estimate of drug-likeness (QED) is 0.836. The maximum Gasteiger partial charge on any atom is 0.133 e. The lowest BCUT2D eigenvalue weighted by molar-refractivity contribution is 0.194. The van der Waals surface area contributed by atoms with Crippen LogP contribution in [0.2, 0.25) is 0 Å². The zero-order valence-corrected chi connectivity index (χ0v) is 12.9. The summed E-state index contributed by atoms with van der Waals surface area (Å²) < 4.78 is 0. The molecule has 5 heteroatoms. The predicted octanol–water partition coefficient (Wildman–Crippen LogP) is 2.37. The lowest BCUT2D eigenvalue weighted by Crippen LogP contribution is -2.40. The highest BCUT2D eigenvalue weighted by Crippen LogP contribution is 2.17. The molecule has 112 valence electrons. The van der Waals surface area contributed by atoms with E-state index in [9.17, 15) is 0 Å². The average molecular weight is 277 g/mol. The van der Waals surface area contributed by atoms with E-state index in [0.29, 0.717) is 6.04 Å². The van der Waals surface area contributed by atoms with E-state index in [1.54, 1.807) is 0 Å². The molecule has 2 rings (SSSR count). The molecule has 1 atom stereocenters. The normalized spacial score (nSPS) is 19.9. The van der Waals surface area contributed by atoms with E-state index in [1.165, 1.54) is 25.8 Å². The van der Waals surface area contributed by atoms with Crippen LogP contribution < -0.4 is 10.6 Å². The summed E-state index contributed by atoms with van der Waals surface area (Å²) in [5, 5.41) is 6.60. The molecule has 1 aliphatic heterocycles. The van der Waals surface area contributed by atoms with Crippen LogP contribution >= 0.6 is 0 Å². The molecular weight excluding hydrogens is 250 g/mol. The molecule has 1 aliphatic rings. The smallest absolute Gasteiger partial charge is 0.133 e. The molecule has 0 amide bonds. The average Bonchev–Trinajstić information content (AvgIpc) is 2.46. The van der Waals surface area contributed by atoms with Crippen molar-refractivity contribution in [3.63, 3.8) is 0 Å². The fraction of sp³-hybridized carbons (Fsp3) is 0.733. The van der Waals surface area contributed by atoms with Crippen LogP contribution in [0.3, 0.4) is 0 Å². The summed E-state index contributed by atoms with van der Waals surface area (Å²) >= 11 is 0. The van der Waals surface area contributed by atoms with E-state index in [0.717, 1.165) is 36.8 Å². The number of aromatic nitrogens is 2. The predicted molar refractivity (Wildman–Crippen MR) is 84.3 cm³/mol. The van der Waals surface area contributed by atoms with E-state index in [2.05, 4.69) is 39.5 Å². The van der Waals surface area contributed by atoms with Crippen LogP contribution in [0.4, 0.5) is 11.6 Å². The third-order valence-corrected chi connectivity index (χ3v) is 3.94. The molecule has 2 N–H and O–H groups in total. The van der Waals surface area contributed by atoms with Crippen molar-refractivity contribution in [3.05, 3.63) is 11.9 Å². The van der Waals surface area contributed by atoms with Crippen molar-refractivity contribution in [3.8, 4) is 0 Å². The van der Waals surface area contributed by atoms with Gasteiger partial charge in [0.05, 0.1) is 0 Å². The van der Waals surface area contributed by atoms with Crippen molar-refractivity contribution in [1.29, 1.82) is 0 Å². The number of hydrogen-bond acceptors (Lipinski definition) is 5. The van der Waals surface area contributed by atoms with Crippen LogP contribution in [0.15, 0.2) is 6.07 Å². The molecule has 0 spiro atoms. The number of rotatable bonds is 6. The minimum atomic E-state index is 0.617. The fourth-order valence-corrected chi connectivity index (χ4v) is 2.68. The maximum absolute atomic E-state index is 4.60. The van der Waals surface area contributed by atoms with Gasteiger partial charge in [-0.2, -0.15) is 0 Å². The van der Waals surface area contributed by atoms with Gasteiger partial charge in [0.25, 0.3) is 0 Å². The Morgan fingerprint density at radius 1 is 1.30 bits per heavy atom. The van der Waals surface area contributed by atoms with Crippen LogP contribution in [0.1, 0.15) is 38.4 Å². The van der Waals surface area contributed by atoms with Gasteiger partial charge in [0.15, 0.2) is 0 Å². The number of likely N-dealkylation sites (tertiary alicyclic amines) is 1. The number of aryl methyl sites for hydroxylation is 1. The topological polar surface area (TPSA) is 53.1 Å². The molecule has 1 fully saturated rings. The number of nitrogens with zero attached hydrogens (tertiary/aromatic N) is 3. The monoisotopic (exact) mass is 277 g/mol. The van der Waals surface area contributed by atoms with E-state index in [4.69, 9.17) is 0 Å². The van der Waals surface area contributed by atoms with Crippen LogP contribution in [0, 0.1) is 0 Å². The molecule has 0 aliphatic carbocycles. The summed E-state index contributed by atoms with van der Waals surface area (Å²) in [5.74, 6) is 2.74. The first-order valence-electron chi connectivity index (χ1n) is 7.72. The number of anilines is 2. The van der Waals surface area contributed by atoms with Gasteiger partial charge in [-0.3, -0.25) is 0 Å². The second kappa shape index (κ2) is 7.43. The number of likely N-dealkylation sites (N-methyl/N-ethyl adjacent to an activating group) is 1. The molecule has 0 bridgehead atoms. The summed E-state index contributed by atoms with van der Waals surface area (Å²) in [6.45, 7) is 4.32. The Bertz CT molecular complexity index is 421. The van der Waals surface area contributed by atoms with Crippen molar-refractivity contribution >= 4 is 11.6 Å². The van der Waals surface area contributed by atoms with Crippen LogP contribution in [0.5, 0.6) is 0 Å². The number of hydrogen-bond donors (Lipinski definition) is 2. The van der Waals surface area contributed by atoms with Gasteiger partial charge in [0.2, 0.25) is 0 Å². The standard InChI is InChI=1S/C15H27N5/c1-4-7-13-18-14(16-2)10-15(19-13)17-11-12-8-5-6-9-20(12)3/h10,12H,4-9,11H2,1-3H3,(H2,16,17,18,19). The number of nitrogens with one attached hydrogen (secondary N) is 2. The summed E-state index contributed by atoms with van der Waals surface area (Å²) in [6.07, 6.45) is 5.93. The summed E-state index contributed by atoms with van der Waals surface area (Å²) in [4.78, 5) is 11.5. The molecule has 20 heavy (non-hydrogen) atoms. The molecule has 1 saturated heterocycles. The van der Waals surface area contributed by atoms with E-state index in [-0.39, 0.29) is 0 Å². The van der Waals surface area contributed by atoms with Crippen LogP contribution in [-0.4, -0.2) is 48.1 Å². The fourth-order valence-electron chi connectivity index (χ4n) is 2.68. The lowest BCUT2D eigenvalue weighted by Gasteiger charge is -2.32. The van der Waals surface area contributed by atoms with Crippen LogP contribution in [0.25, 0.3) is 0 Å². The van der Waals surface area contributed by atoms with Gasteiger partial charge < -0.3 is 15.5 Å². The number of piperidine rings is 1. The van der Waals surface area contributed by atoms with Gasteiger partial charge >= 0.3 is 0 Å².